The fourth-order valence-electron chi connectivity index (χ4n) is 1.64. The highest BCUT2D eigenvalue weighted by atomic mass is 28.3. The summed E-state index contributed by atoms with van der Waals surface area (Å²) in [5, 5.41) is 0. The summed E-state index contributed by atoms with van der Waals surface area (Å²) in [7, 11) is -0.477. The molecule has 0 rings (SSSR count). The summed E-state index contributed by atoms with van der Waals surface area (Å²) >= 11 is 0. The highest BCUT2D eigenvalue weighted by molar-refractivity contribution is 6.55. The Kier molecular flexibility index (Phi) is 9.31. The van der Waals surface area contributed by atoms with Crippen LogP contribution in [0.4, 0.5) is 0 Å². The van der Waals surface area contributed by atoms with Crippen LogP contribution in [0.1, 0.15) is 32.1 Å². The van der Waals surface area contributed by atoms with Crippen molar-refractivity contribution in [1.82, 2.24) is 0 Å². The summed E-state index contributed by atoms with van der Waals surface area (Å²) in [6.07, 6.45) is 7.55. The fraction of sp³-hybridized carbons (Fsp3) is 1.00. The van der Waals surface area contributed by atoms with Crippen molar-refractivity contribution in [3.8, 4) is 0 Å². The van der Waals surface area contributed by atoms with Gasteiger partial charge in [0.1, 0.15) is 0 Å². The number of hydrogen-bond donors (Lipinski definition) is 0. The molecule has 0 saturated heterocycles. The molecule has 0 heterocycles. The average Bonchev–Trinajstić information content (AvgIpc) is 2.01. The van der Waals surface area contributed by atoms with E-state index in [1.165, 1.54) is 32.1 Å². The molecule has 0 bridgehead atoms. The van der Waals surface area contributed by atoms with Gasteiger partial charge in [-0.2, -0.15) is 0 Å². The predicted octanol–water partition coefficient (Wildman–Crippen LogP) is 3.91. The van der Waals surface area contributed by atoms with E-state index in [1.54, 1.807) is 12.1 Å². The Balaban J connectivity index is 2.92. The zero-order valence-corrected chi connectivity index (χ0v) is 12.4. The molecule has 0 aromatic carbocycles. The molecule has 0 aromatic heterocycles. The van der Waals surface area contributed by atoms with Gasteiger partial charge in [0, 0.05) is 17.6 Å². The summed E-state index contributed by atoms with van der Waals surface area (Å²) in [6, 6.07) is 3.14. The van der Waals surface area contributed by atoms with Crippen molar-refractivity contribution < 1.29 is 0 Å². The van der Waals surface area contributed by atoms with Crippen LogP contribution in [0, 0.1) is 0 Å². The van der Waals surface area contributed by atoms with Crippen molar-refractivity contribution >= 4 is 17.6 Å². The SMILES string of the molecule is C[SiH](C)CCCCCCC[SiH](C)C. The molecule has 0 atom stereocenters. The Morgan fingerprint density at radius 1 is 0.538 bits per heavy atom. The highest BCUT2D eigenvalue weighted by Gasteiger charge is 1.97. The summed E-state index contributed by atoms with van der Waals surface area (Å²) < 4.78 is 0. The maximum absolute atomic E-state index is 2.46. The Labute approximate surface area is 88.3 Å². The van der Waals surface area contributed by atoms with E-state index in [1.807, 2.05) is 0 Å². The second-order valence-corrected chi connectivity index (χ2v) is 11.9. The van der Waals surface area contributed by atoms with E-state index in [2.05, 4.69) is 26.2 Å². The summed E-state index contributed by atoms with van der Waals surface area (Å²) in [5.74, 6) is 0. The smallest absolute Gasteiger partial charge is 0.0305 e. The molecule has 0 saturated carbocycles. The average molecular weight is 217 g/mol. The van der Waals surface area contributed by atoms with Crippen LogP contribution in [0.15, 0.2) is 0 Å². The molecule has 0 amide bonds. The first kappa shape index (κ1) is 13.4. The molecule has 0 spiro atoms. The molecule has 0 unspecified atom stereocenters. The van der Waals surface area contributed by atoms with Gasteiger partial charge in [-0.1, -0.05) is 70.4 Å². The second kappa shape index (κ2) is 9.01. The number of rotatable bonds is 8. The second-order valence-electron chi connectivity index (χ2n) is 5.13. The molecule has 0 aromatic rings. The largest absolute Gasteiger partial charge is 0.0722 e. The predicted molar refractivity (Wildman–Crippen MR) is 70.5 cm³/mol. The molecule has 0 fully saturated rings. The van der Waals surface area contributed by atoms with E-state index < -0.39 is 0 Å². The minimum absolute atomic E-state index is 0.239. The van der Waals surface area contributed by atoms with E-state index in [4.69, 9.17) is 0 Å². The van der Waals surface area contributed by atoms with Crippen molar-refractivity contribution in [2.24, 2.45) is 0 Å². The van der Waals surface area contributed by atoms with E-state index >= 15 is 0 Å². The maximum Gasteiger partial charge on any atom is 0.0305 e. The zero-order valence-electron chi connectivity index (χ0n) is 10.1. The molecule has 0 nitrogen and oxygen atoms in total. The fourth-order valence-corrected chi connectivity index (χ4v) is 3.85. The molecular weight excluding hydrogens is 188 g/mol. The van der Waals surface area contributed by atoms with Gasteiger partial charge in [-0.15, -0.1) is 0 Å². The molecule has 0 radical (unpaired) electrons. The first-order valence-electron chi connectivity index (χ1n) is 6.13. The molecule has 80 valence electrons. The maximum atomic E-state index is 2.46. The lowest BCUT2D eigenvalue weighted by molar-refractivity contribution is 0.652. The topological polar surface area (TPSA) is 0 Å². The minimum atomic E-state index is -0.239. The third-order valence-electron chi connectivity index (χ3n) is 2.56. The third kappa shape index (κ3) is 12.4. The molecule has 0 aliphatic carbocycles. The first-order valence-corrected chi connectivity index (χ1v) is 12.4. The lowest BCUT2D eigenvalue weighted by Crippen LogP contribution is -1.99. The Morgan fingerprint density at radius 2 is 0.846 bits per heavy atom. The van der Waals surface area contributed by atoms with Crippen LogP contribution >= 0.6 is 0 Å². The summed E-state index contributed by atoms with van der Waals surface area (Å²) in [4.78, 5) is 0. The third-order valence-corrected chi connectivity index (χ3v) is 5.69. The van der Waals surface area contributed by atoms with E-state index in [9.17, 15) is 0 Å². The van der Waals surface area contributed by atoms with Gasteiger partial charge in [0.05, 0.1) is 0 Å². The van der Waals surface area contributed by atoms with Crippen molar-refractivity contribution in [3.05, 3.63) is 0 Å². The molecule has 2 heteroatoms. The zero-order chi connectivity index (χ0) is 10.1. The lowest BCUT2D eigenvalue weighted by Gasteiger charge is -2.04. The number of unbranched alkanes of at least 4 members (excludes halogenated alkanes) is 4. The van der Waals surface area contributed by atoms with Crippen molar-refractivity contribution in [3.63, 3.8) is 0 Å². The number of hydrogen-bond acceptors (Lipinski definition) is 0. The van der Waals surface area contributed by atoms with Gasteiger partial charge in [0.15, 0.2) is 0 Å². The Morgan fingerprint density at radius 3 is 1.15 bits per heavy atom. The Bertz CT molecular complexity index is 88.3. The summed E-state index contributed by atoms with van der Waals surface area (Å²) in [5.41, 5.74) is 0. The normalized spacial score (nSPS) is 11.5. The molecule has 0 aliphatic rings. The van der Waals surface area contributed by atoms with Gasteiger partial charge in [0.2, 0.25) is 0 Å². The minimum Gasteiger partial charge on any atom is -0.0722 e. The van der Waals surface area contributed by atoms with Crippen molar-refractivity contribution in [2.45, 2.75) is 70.4 Å². The quantitative estimate of drug-likeness (QED) is 0.426. The van der Waals surface area contributed by atoms with Gasteiger partial charge in [0.25, 0.3) is 0 Å². The van der Waals surface area contributed by atoms with Gasteiger partial charge < -0.3 is 0 Å². The van der Waals surface area contributed by atoms with E-state index in [-0.39, 0.29) is 17.6 Å². The molecular formula is C11H28Si2. The van der Waals surface area contributed by atoms with Gasteiger partial charge in [-0.05, 0) is 0 Å². The Hall–Kier alpha value is 0.434. The van der Waals surface area contributed by atoms with Crippen LogP contribution in [-0.4, -0.2) is 17.6 Å². The molecule has 0 N–H and O–H groups in total. The first-order chi connectivity index (χ1) is 6.13. The van der Waals surface area contributed by atoms with E-state index in [0.29, 0.717) is 0 Å². The van der Waals surface area contributed by atoms with Crippen LogP contribution in [0.2, 0.25) is 38.3 Å². The van der Waals surface area contributed by atoms with Crippen LogP contribution in [0.3, 0.4) is 0 Å². The molecule has 13 heavy (non-hydrogen) atoms. The molecule has 0 aliphatic heterocycles. The van der Waals surface area contributed by atoms with Crippen molar-refractivity contribution in [1.29, 1.82) is 0 Å². The van der Waals surface area contributed by atoms with Crippen LogP contribution < -0.4 is 0 Å². The van der Waals surface area contributed by atoms with Gasteiger partial charge >= 0.3 is 0 Å². The van der Waals surface area contributed by atoms with Crippen LogP contribution in [0.5, 0.6) is 0 Å². The monoisotopic (exact) mass is 216 g/mol. The van der Waals surface area contributed by atoms with Crippen LogP contribution in [-0.2, 0) is 0 Å². The van der Waals surface area contributed by atoms with Gasteiger partial charge in [-0.3, -0.25) is 0 Å². The lowest BCUT2D eigenvalue weighted by atomic mass is 10.2. The van der Waals surface area contributed by atoms with Crippen molar-refractivity contribution in [2.75, 3.05) is 0 Å². The summed E-state index contributed by atoms with van der Waals surface area (Å²) in [6.45, 7) is 9.85. The standard InChI is InChI=1S/C11H28Si2/c1-12(2)10-8-6-5-7-9-11-13(3)4/h12-13H,5-11H2,1-4H3. The highest BCUT2D eigenvalue weighted by Crippen LogP contribution is 2.10. The van der Waals surface area contributed by atoms with Gasteiger partial charge in [-0.25, -0.2) is 0 Å². The van der Waals surface area contributed by atoms with Crippen LogP contribution in [0.25, 0.3) is 0 Å². The van der Waals surface area contributed by atoms with E-state index in [0.717, 1.165) is 0 Å².